The van der Waals surface area contributed by atoms with Crippen LogP contribution in [0.2, 0.25) is 5.02 Å². The summed E-state index contributed by atoms with van der Waals surface area (Å²) in [5.41, 5.74) is 6.88. The molecule has 0 saturated heterocycles. The van der Waals surface area contributed by atoms with Crippen molar-refractivity contribution in [2.75, 3.05) is 19.7 Å². The SMILES string of the molecule is NCC(NCCCCCO)c1cccc(Cl)c1. The number of aliphatic hydroxyl groups is 1. The molecule has 17 heavy (non-hydrogen) atoms. The monoisotopic (exact) mass is 256 g/mol. The molecule has 96 valence electrons. The predicted molar refractivity (Wildman–Crippen MR) is 72.2 cm³/mol. The second-order valence-corrected chi connectivity index (χ2v) is 4.52. The van der Waals surface area contributed by atoms with E-state index >= 15 is 0 Å². The van der Waals surface area contributed by atoms with Crippen molar-refractivity contribution in [3.05, 3.63) is 34.9 Å². The Bertz CT molecular complexity index is 320. The topological polar surface area (TPSA) is 58.3 Å². The average molecular weight is 257 g/mol. The van der Waals surface area contributed by atoms with Gasteiger partial charge in [-0.1, -0.05) is 23.7 Å². The van der Waals surface area contributed by atoms with Gasteiger partial charge in [0.05, 0.1) is 0 Å². The van der Waals surface area contributed by atoms with Crippen LogP contribution in [0.4, 0.5) is 0 Å². The molecule has 0 amide bonds. The van der Waals surface area contributed by atoms with Crippen LogP contribution in [0.25, 0.3) is 0 Å². The van der Waals surface area contributed by atoms with Gasteiger partial charge in [0.15, 0.2) is 0 Å². The number of nitrogens with one attached hydrogen (secondary N) is 1. The van der Waals surface area contributed by atoms with Crippen molar-refractivity contribution in [1.82, 2.24) is 5.32 Å². The smallest absolute Gasteiger partial charge is 0.0445 e. The molecule has 0 aliphatic heterocycles. The zero-order chi connectivity index (χ0) is 12.5. The summed E-state index contributed by atoms with van der Waals surface area (Å²) >= 11 is 5.95. The van der Waals surface area contributed by atoms with E-state index in [9.17, 15) is 0 Å². The van der Waals surface area contributed by atoms with Crippen LogP contribution in [-0.4, -0.2) is 24.8 Å². The summed E-state index contributed by atoms with van der Waals surface area (Å²) in [6.07, 6.45) is 2.96. The molecular weight excluding hydrogens is 236 g/mol. The Hall–Kier alpha value is -0.610. The van der Waals surface area contributed by atoms with Crippen molar-refractivity contribution in [3.8, 4) is 0 Å². The fraction of sp³-hybridized carbons (Fsp3) is 0.538. The van der Waals surface area contributed by atoms with Crippen molar-refractivity contribution in [1.29, 1.82) is 0 Å². The summed E-state index contributed by atoms with van der Waals surface area (Å²) in [5, 5.41) is 12.8. The van der Waals surface area contributed by atoms with Gasteiger partial charge in [-0.15, -0.1) is 0 Å². The van der Waals surface area contributed by atoms with Crippen LogP contribution >= 0.6 is 11.6 Å². The molecule has 0 saturated carbocycles. The van der Waals surface area contributed by atoms with Crippen LogP contribution in [-0.2, 0) is 0 Å². The Labute approximate surface area is 108 Å². The van der Waals surface area contributed by atoms with Gasteiger partial charge in [-0.3, -0.25) is 0 Å². The van der Waals surface area contributed by atoms with E-state index in [0.29, 0.717) is 6.54 Å². The van der Waals surface area contributed by atoms with Crippen molar-refractivity contribution in [2.45, 2.75) is 25.3 Å². The van der Waals surface area contributed by atoms with Crippen LogP contribution in [0, 0.1) is 0 Å². The lowest BCUT2D eigenvalue weighted by molar-refractivity contribution is 0.282. The van der Waals surface area contributed by atoms with Gasteiger partial charge in [-0.05, 0) is 43.5 Å². The molecule has 0 aromatic heterocycles. The number of unbranched alkanes of at least 4 members (excludes halogenated alkanes) is 2. The first-order valence-corrected chi connectivity index (χ1v) is 6.45. The molecule has 0 fully saturated rings. The molecule has 4 heteroatoms. The first-order chi connectivity index (χ1) is 8.27. The second-order valence-electron chi connectivity index (χ2n) is 4.08. The highest BCUT2D eigenvalue weighted by Crippen LogP contribution is 2.17. The summed E-state index contributed by atoms with van der Waals surface area (Å²) in [7, 11) is 0. The fourth-order valence-electron chi connectivity index (χ4n) is 1.75. The molecule has 1 unspecified atom stereocenters. The summed E-state index contributed by atoms with van der Waals surface area (Å²) in [6.45, 7) is 1.74. The van der Waals surface area contributed by atoms with Gasteiger partial charge in [-0.25, -0.2) is 0 Å². The van der Waals surface area contributed by atoms with Gasteiger partial charge in [0.25, 0.3) is 0 Å². The molecule has 1 rings (SSSR count). The third-order valence-electron chi connectivity index (χ3n) is 2.71. The first kappa shape index (κ1) is 14.5. The average Bonchev–Trinajstić information content (AvgIpc) is 2.34. The quantitative estimate of drug-likeness (QED) is 0.625. The predicted octanol–water partition coefficient (Wildman–Crippen LogP) is 2.09. The van der Waals surface area contributed by atoms with E-state index < -0.39 is 0 Å². The molecular formula is C13H21ClN2O. The minimum Gasteiger partial charge on any atom is -0.396 e. The number of nitrogens with two attached hydrogens (primary N) is 1. The maximum absolute atomic E-state index is 8.67. The van der Waals surface area contributed by atoms with Gasteiger partial charge in [-0.2, -0.15) is 0 Å². The molecule has 0 aliphatic carbocycles. The normalized spacial score (nSPS) is 12.6. The number of aliphatic hydroxyl groups excluding tert-OH is 1. The lowest BCUT2D eigenvalue weighted by atomic mass is 10.1. The number of halogens is 1. The Morgan fingerprint density at radius 3 is 2.76 bits per heavy atom. The number of hydrogen-bond donors (Lipinski definition) is 3. The highest BCUT2D eigenvalue weighted by molar-refractivity contribution is 6.30. The molecule has 1 aromatic carbocycles. The van der Waals surface area contributed by atoms with Crippen molar-refractivity contribution in [2.24, 2.45) is 5.73 Å². The molecule has 0 bridgehead atoms. The second kappa shape index (κ2) is 8.48. The highest BCUT2D eigenvalue weighted by Gasteiger charge is 2.08. The van der Waals surface area contributed by atoms with Gasteiger partial charge < -0.3 is 16.2 Å². The molecule has 0 aliphatic rings. The molecule has 3 nitrogen and oxygen atoms in total. The Kier molecular flexibility index (Phi) is 7.21. The minimum atomic E-state index is 0.155. The van der Waals surface area contributed by atoms with E-state index in [1.165, 1.54) is 0 Å². The first-order valence-electron chi connectivity index (χ1n) is 6.07. The zero-order valence-electron chi connectivity index (χ0n) is 10.0. The standard InChI is InChI=1S/C13H21ClN2O/c14-12-6-4-5-11(9-12)13(10-15)16-7-2-1-3-8-17/h4-6,9,13,16-17H,1-3,7-8,10,15H2. The molecule has 0 heterocycles. The number of benzene rings is 1. The Morgan fingerprint density at radius 1 is 1.29 bits per heavy atom. The van der Waals surface area contributed by atoms with E-state index in [1.54, 1.807) is 0 Å². The Balaban J connectivity index is 2.38. The van der Waals surface area contributed by atoms with Gasteiger partial charge >= 0.3 is 0 Å². The van der Waals surface area contributed by atoms with Crippen LogP contribution in [0.3, 0.4) is 0 Å². The lowest BCUT2D eigenvalue weighted by Crippen LogP contribution is -2.29. The molecule has 0 radical (unpaired) electrons. The van der Waals surface area contributed by atoms with Crippen molar-refractivity contribution < 1.29 is 5.11 Å². The molecule has 4 N–H and O–H groups in total. The summed E-state index contributed by atoms with van der Waals surface area (Å²) < 4.78 is 0. The third-order valence-corrected chi connectivity index (χ3v) is 2.95. The molecule has 1 aromatic rings. The molecule has 1 atom stereocenters. The number of hydrogen-bond acceptors (Lipinski definition) is 3. The minimum absolute atomic E-state index is 0.155. The summed E-state index contributed by atoms with van der Waals surface area (Å²) in [5.74, 6) is 0. The van der Waals surface area contributed by atoms with Gasteiger partial charge in [0.1, 0.15) is 0 Å². The van der Waals surface area contributed by atoms with Gasteiger partial charge in [0.2, 0.25) is 0 Å². The largest absolute Gasteiger partial charge is 0.396 e. The summed E-state index contributed by atoms with van der Waals surface area (Å²) in [4.78, 5) is 0. The van der Waals surface area contributed by atoms with Gasteiger partial charge in [0, 0.05) is 24.2 Å². The van der Waals surface area contributed by atoms with Crippen LogP contribution in [0.1, 0.15) is 30.9 Å². The van der Waals surface area contributed by atoms with Crippen molar-refractivity contribution in [3.63, 3.8) is 0 Å². The lowest BCUT2D eigenvalue weighted by Gasteiger charge is -2.17. The molecule has 0 spiro atoms. The highest BCUT2D eigenvalue weighted by atomic mass is 35.5. The van der Waals surface area contributed by atoms with Crippen LogP contribution in [0.15, 0.2) is 24.3 Å². The number of rotatable bonds is 8. The maximum atomic E-state index is 8.67. The fourth-order valence-corrected chi connectivity index (χ4v) is 1.95. The summed E-state index contributed by atoms with van der Waals surface area (Å²) in [6, 6.07) is 7.93. The van der Waals surface area contributed by atoms with E-state index in [0.717, 1.165) is 36.4 Å². The van der Waals surface area contributed by atoms with Crippen LogP contribution < -0.4 is 11.1 Å². The maximum Gasteiger partial charge on any atom is 0.0445 e. The zero-order valence-corrected chi connectivity index (χ0v) is 10.8. The Morgan fingerprint density at radius 2 is 2.12 bits per heavy atom. The van der Waals surface area contributed by atoms with Crippen LogP contribution in [0.5, 0.6) is 0 Å². The van der Waals surface area contributed by atoms with E-state index in [4.69, 9.17) is 22.4 Å². The van der Waals surface area contributed by atoms with E-state index in [1.807, 2.05) is 24.3 Å². The van der Waals surface area contributed by atoms with E-state index in [2.05, 4.69) is 5.32 Å². The van der Waals surface area contributed by atoms with Crippen molar-refractivity contribution >= 4 is 11.6 Å². The van der Waals surface area contributed by atoms with E-state index in [-0.39, 0.29) is 12.6 Å². The third kappa shape index (κ3) is 5.50.